The van der Waals surface area contributed by atoms with Gasteiger partial charge in [-0.25, -0.2) is 0 Å². The van der Waals surface area contributed by atoms with Gasteiger partial charge in [0.15, 0.2) is 0 Å². The normalized spacial score (nSPS) is 33.4. The molecule has 1 saturated carbocycles. The van der Waals surface area contributed by atoms with E-state index >= 15 is 0 Å². The number of nitrogens with zero attached hydrogens (tertiary/aromatic N) is 2. The van der Waals surface area contributed by atoms with Gasteiger partial charge in [0, 0.05) is 37.8 Å². The smallest absolute Gasteiger partial charge is 0.0224 e. The van der Waals surface area contributed by atoms with Crippen LogP contribution in [0.5, 0.6) is 0 Å². The monoisotopic (exact) mass is 293 g/mol. The van der Waals surface area contributed by atoms with Crippen molar-refractivity contribution in [3.8, 4) is 0 Å². The van der Waals surface area contributed by atoms with Crippen LogP contribution in [0, 0.1) is 5.92 Å². The highest BCUT2D eigenvalue weighted by Gasteiger charge is 2.36. The molecule has 0 spiro atoms. The molecule has 2 heterocycles. The minimum Gasteiger partial charge on any atom is -0.312 e. The Bertz CT molecular complexity index is 314. The summed E-state index contributed by atoms with van der Waals surface area (Å²) in [6.45, 7) is 11.2. The summed E-state index contributed by atoms with van der Waals surface area (Å²) >= 11 is 0. The highest BCUT2D eigenvalue weighted by molar-refractivity contribution is 4.93. The number of hydrogen-bond donors (Lipinski definition) is 1. The topological polar surface area (TPSA) is 18.5 Å². The molecule has 3 unspecified atom stereocenters. The van der Waals surface area contributed by atoms with Crippen LogP contribution < -0.4 is 5.32 Å². The molecular formula is C18H35N3. The van der Waals surface area contributed by atoms with E-state index in [1.165, 1.54) is 77.7 Å². The third-order valence-corrected chi connectivity index (χ3v) is 6.12. The van der Waals surface area contributed by atoms with E-state index < -0.39 is 0 Å². The molecule has 0 aromatic carbocycles. The Labute approximate surface area is 131 Å². The molecule has 3 rings (SSSR count). The van der Waals surface area contributed by atoms with Crippen molar-refractivity contribution in [1.29, 1.82) is 0 Å². The van der Waals surface area contributed by atoms with E-state index in [2.05, 4.69) is 29.0 Å². The lowest BCUT2D eigenvalue weighted by Gasteiger charge is -2.44. The maximum Gasteiger partial charge on any atom is 0.0224 e. The maximum atomic E-state index is 3.88. The zero-order valence-corrected chi connectivity index (χ0v) is 14.2. The van der Waals surface area contributed by atoms with Gasteiger partial charge >= 0.3 is 0 Å². The third kappa shape index (κ3) is 3.80. The van der Waals surface area contributed by atoms with Crippen molar-refractivity contribution < 1.29 is 0 Å². The van der Waals surface area contributed by atoms with Gasteiger partial charge in [-0.1, -0.05) is 19.8 Å². The minimum atomic E-state index is 0.739. The highest BCUT2D eigenvalue weighted by Crippen LogP contribution is 2.30. The van der Waals surface area contributed by atoms with Crippen molar-refractivity contribution in [1.82, 2.24) is 15.1 Å². The van der Waals surface area contributed by atoms with Crippen LogP contribution in [0.3, 0.4) is 0 Å². The molecule has 0 aromatic heterocycles. The van der Waals surface area contributed by atoms with Crippen LogP contribution in [0.25, 0.3) is 0 Å². The fraction of sp³-hybridized carbons (Fsp3) is 1.00. The maximum absolute atomic E-state index is 3.88. The minimum absolute atomic E-state index is 0.739. The van der Waals surface area contributed by atoms with Crippen LogP contribution in [0.4, 0.5) is 0 Å². The molecule has 3 atom stereocenters. The number of fused-ring (bicyclic) bond motifs is 1. The number of rotatable bonds is 6. The second-order valence-electron chi connectivity index (χ2n) is 7.70. The van der Waals surface area contributed by atoms with Crippen molar-refractivity contribution in [2.75, 3.05) is 32.7 Å². The molecular weight excluding hydrogens is 258 g/mol. The summed E-state index contributed by atoms with van der Waals surface area (Å²) in [4.78, 5) is 5.54. The SMILES string of the molecule is CCCNC(CN1CC2CCCN2CC1C)C1CCCC1. The molecule has 2 aliphatic heterocycles. The van der Waals surface area contributed by atoms with Gasteiger partial charge in [0.25, 0.3) is 0 Å². The summed E-state index contributed by atoms with van der Waals surface area (Å²) in [5, 5.41) is 3.88. The lowest BCUT2D eigenvalue weighted by molar-refractivity contribution is 0.0469. The third-order valence-electron chi connectivity index (χ3n) is 6.12. The lowest BCUT2D eigenvalue weighted by atomic mass is 9.96. The van der Waals surface area contributed by atoms with Crippen LogP contribution in [0.1, 0.15) is 58.8 Å². The molecule has 3 heteroatoms. The molecule has 3 fully saturated rings. The summed E-state index contributed by atoms with van der Waals surface area (Å²) in [5.41, 5.74) is 0. The molecule has 2 saturated heterocycles. The van der Waals surface area contributed by atoms with Crippen LogP contribution in [-0.2, 0) is 0 Å². The zero-order valence-electron chi connectivity index (χ0n) is 14.2. The quantitative estimate of drug-likeness (QED) is 0.812. The molecule has 122 valence electrons. The van der Waals surface area contributed by atoms with Gasteiger partial charge in [-0.2, -0.15) is 0 Å². The average Bonchev–Trinajstić information content (AvgIpc) is 3.14. The van der Waals surface area contributed by atoms with E-state index in [1.54, 1.807) is 0 Å². The van der Waals surface area contributed by atoms with Gasteiger partial charge in [-0.15, -0.1) is 0 Å². The summed E-state index contributed by atoms with van der Waals surface area (Å²) in [7, 11) is 0. The fourth-order valence-electron chi connectivity index (χ4n) is 4.82. The van der Waals surface area contributed by atoms with E-state index in [4.69, 9.17) is 0 Å². The van der Waals surface area contributed by atoms with Crippen molar-refractivity contribution >= 4 is 0 Å². The number of hydrogen-bond acceptors (Lipinski definition) is 3. The van der Waals surface area contributed by atoms with Crippen LogP contribution >= 0.6 is 0 Å². The first kappa shape index (κ1) is 15.8. The van der Waals surface area contributed by atoms with Gasteiger partial charge < -0.3 is 5.32 Å². The summed E-state index contributed by atoms with van der Waals surface area (Å²) in [6.07, 6.45) is 9.94. The van der Waals surface area contributed by atoms with Crippen molar-refractivity contribution in [3.63, 3.8) is 0 Å². The standard InChI is InChI=1S/C18H35N3/c1-3-10-19-18(16-7-4-5-8-16)14-21-13-17-9-6-11-20(17)12-15(21)2/h15-19H,3-14H2,1-2H3. The largest absolute Gasteiger partial charge is 0.312 e. The van der Waals surface area contributed by atoms with E-state index in [1.807, 2.05) is 0 Å². The van der Waals surface area contributed by atoms with Crippen molar-refractivity contribution in [2.45, 2.75) is 76.9 Å². The molecule has 3 nitrogen and oxygen atoms in total. The molecule has 0 aromatic rings. The Morgan fingerprint density at radius 3 is 2.67 bits per heavy atom. The second kappa shape index (κ2) is 7.43. The molecule has 0 amide bonds. The van der Waals surface area contributed by atoms with E-state index in [-0.39, 0.29) is 0 Å². The van der Waals surface area contributed by atoms with Gasteiger partial charge in [0.1, 0.15) is 0 Å². The van der Waals surface area contributed by atoms with Gasteiger partial charge in [-0.05, 0) is 58.0 Å². The molecule has 1 aliphatic carbocycles. The first-order valence-electron chi connectivity index (χ1n) is 9.49. The van der Waals surface area contributed by atoms with Gasteiger partial charge in [0.2, 0.25) is 0 Å². The van der Waals surface area contributed by atoms with Crippen LogP contribution in [0.15, 0.2) is 0 Å². The lowest BCUT2D eigenvalue weighted by Crippen LogP contribution is -2.58. The van der Waals surface area contributed by atoms with E-state index in [9.17, 15) is 0 Å². The van der Waals surface area contributed by atoms with Crippen molar-refractivity contribution in [3.05, 3.63) is 0 Å². The van der Waals surface area contributed by atoms with Gasteiger partial charge in [0.05, 0.1) is 0 Å². The Morgan fingerprint density at radius 1 is 1.10 bits per heavy atom. The first-order valence-corrected chi connectivity index (χ1v) is 9.49. The fourth-order valence-corrected chi connectivity index (χ4v) is 4.82. The Morgan fingerprint density at radius 2 is 1.90 bits per heavy atom. The highest BCUT2D eigenvalue weighted by atomic mass is 15.3. The Kier molecular flexibility index (Phi) is 5.58. The molecule has 3 aliphatic rings. The van der Waals surface area contributed by atoms with Crippen molar-refractivity contribution in [2.24, 2.45) is 5.92 Å². The predicted molar refractivity (Wildman–Crippen MR) is 89.7 cm³/mol. The number of nitrogens with one attached hydrogen (secondary N) is 1. The Hall–Kier alpha value is -0.120. The summed E-state index contributed by atoms with van der Waals surface area (Å²) in [6, 6.07) is 2.34. The average molecular weight is 293 g/mol. The second-order valence-corrected chi connectivity index (χ2v) is 7.70. The first-order chi connectivity index (χ1) is 10.3. The van der Waals surface area contributed by atoms with Crippen LogP contribution in [0.2, 0.25) is 0 Å². The number of piperazine rings is 1. The molecule has 0 radical (unpaired) electrons. The molecule has 0 bridgehead atoms. The Balaban J connectivity index is 1.58. The molecule has 1 N–H and O–H groups in total. The van der Waals surface area contributed by atoms with E-state index in [0.29, 0.717) is 0 Å². The van der Waals surface area contributed by atoms with Gasteiger partial charge in [-0.3, -0.25) is 9.80 Å². The summed E-state index contributed by atoms with van der Waals surface area (Å²) < 4.78 is 0. The van der Waals surface area contributed by atoms with Crippen LogP contribution in [-0.4, -0.2) is 60.6 Å². The zero-order chi connectivity index (χ0) is 14.7. The predicted octanol–water partition coefficient (Wildman–Crippen LogP) is 2.71. The summed E-state index contributed by atoms with van der Waals surface area (Å²) in [5.74, 6) is 0.936. The molecule has 21 heavy (non-hydrogen) atoms. The van der Waals surface area contributed by atoms with E-state index in [0.717, 1.165) is 24.0 Å².